The molecule has 0 spiro atoms. The molecule has 1 aromatic rings. The molecule has 0 unspecified atom stereocenters. The Hall–Kier alpha value is -2.16. The minimum absolute atomic E-state index is 0.0401. The number of rotatable bonds is 3. The van der Waals surface area contributed by atoms with Crippen LogP contribution < -0.4 is 5.32 Å². The number of carbonyl (C=O) groups excluding carboxylic acids is 1. The van der Waals surface area contributed by atoms with Crippen LogP contribution in [0.4, 0.5) is 24.5 Å². The number of alkyl halides is 3. The highest BCUT2D eigenvalue weighted by Crippen LogP contribution is 2.40. The third kappa shape index (κ3) is 3.00. The number of fused-ring (bicyclic) bond motifs is 2. The fourth-order valence-electron chi connectivity index (χ4n) is 3.15. The highest BCUT2D eigenvalue weighted by molar-refractivity contribution is 5.93. The molecule has 2 heterocycles. The van der Waals surface area contributed by atoms with Gasteiger partial charge in [-0.2, -0.15) is 13.2 Å². The molecule has 3 rings (SSSR count). The zero-order chi connectivity index (χ0) is 16.8. The van der Waals surface area contributed by atoms with Gasteiger partial charge in [0.1, 0.15) is 5.56 Å². The predicted molar refractivity (Wildman–Crippen MR) is 72.7 cm³/mol. The molecule has 2 fully saturated rings. The van der Waals surface area contributed by atoms with Crippen molar-refractivity contribution in [3.63, 3.8) is 0 Å². The molecule has 6 nitrogen and oxygen atoms in total. The Bertz CT molecular complexity index is 662. The molecule has 0 saturated carbocycles. The molecule has 1 amide bonds. The number of nitro benzene ring substituents is 1. The Kier molecular flexibility index (Phi) is 3.75. The van der Waals surface area contributed by atoms with E-state index in [1.54, 1.807) is 0 Å². The number of nitrogens with one attached hydrogen (secondary N) is 1. The van der Waals surface area contributed by atoms with Crippen LogP contribution in [0.1, 0.15) is 24.8 Å². The SMILES string of the molecule is O=C(Nc1ccc([N+](=O)[O-])c(C(F)(F)F)c1)[C@H]1C[C@H]2CC[C@H]1O2. The van der Waals surface area contributed by atoms with Crippen molar-refractivity contribution in [1.29, 1.82) is 0 Å². The monoisotopic (exact) mass is 330 g/mol. The average molecular weight is 330 g/mol. The summed E-state index contributed by atoms with van der Waals surface area (Å²) in [7, 11) is 0. The van der Waals surface area contributed by atoms with E-state index in [0.717, 1.165) is 25.0 Å². The van der Waals surface area contributed by atoms with Crippen LogP contribution in [0.25, 0.3) is 0 Å². The summed E-state index contributed by atoms with van der Waals surface area (Å²) < 4.78 is 44.3. The third-order valence-electron chi connectivity index (χ3n) is 4.21. The van der Waals surface area contributed by atoms with E-state index >= 15 is 0 Å². The molecule has 23 heavy (non-hydrogen) atoms. The first-order valence-electron chi connectivity index (χ1n) is 7.07. The molecule has 0 aliphatic carbocycles. The number of carbonyl (C=O) groups is 1. The van der Waals surface area contributed by atoms with Crippen molar-refractivity contribution >= 4 is 17.3 Å². The molecular formula is C14H13F3N2O4. The van der Waals surface area contributed by atoms with Crippen molar-refractivity contribution < 1.29 is 27.6 Å². The molecule has 2 aliphatic rings. The Morgan fingerprint density at radius 1 is 1.35 bits per heavy atom. The molecule has 124 valence electrons. The van der Waals surface area contributed by atoms with Crippen LogP contribution in [-0.4, -0.2) is 23.0 Å². The molecule has 1 aromatic carbocycles. The van der Waals surface area contributed by atoms with E-state index in [1.807, 2.05) is 0 Å². The maximum atomic E-state index is 12.9. The molecule has 9 heteroatoms. The zero-order valence-corrected chi connectivity index (χ0v) is 11.8. The van der Waals surface area contributed by atoms with Gasteiger partial charge in [-0.1, -0.05) is 0 Å². The summed E-state index contributed by atoms with van der Waals surface area (Å²) in [5, 5.41) is 13.1. The topological polar surface area (TPSA) is 81.5 Å². The van der Waals surface area contributed by atoms with Crippen LogP contribution in [0, 0.1) is 16.0 Å². The number of anilines is 1. The van der Waals surface area contributed by atoms with Crippen molar-refractivity contribution in [1.82, 2.24) is 0 Å². The van der Waals surface area contributed by atoms with Gasteiger partial charge in [-0.3, -0.25) is 14.9 Å². The number of hydrogen-bond donors (Lipinski definition) is 1. The largest absolute Gasteiger partial charge is 0.423 e. The molecule has 2 saturated heterocycles. The molecule has 0 aromatic heterocycles. The first-order valence-corrected chi connectivity index (χ1v) is 7.07. The van der Waals surface area contributed by atoms with E-state index in [-0.39, 0.29) is 17.9 Å². The number of halogens is 3. The van der Waals surface area contributed by atoms with E-state index in [2.05, 4.69) is 5.32 Å². The van der Waals surface area contributed by atoms with Crippen LogP contribution in [-0.2, 0) is 15.7 Å². The highest BCUT2D eigenvalue weighted by Gasteiger charge is 2.44. The van der Waals surface area contributed by atoms with Crippen LogP contribution in [0.2, 0.25) is 0 Å². The van der Waals surface area contributed by atoms with Gasteiger partial charge in [0.25, 0.3) is 5.69 Å². The van der Waals surface area contributed by atoms with Gasteiger partial charge in [0.15, 0.2) is 0 Å². The number of hydrogen-bond acceptors (Lipinski definition) is 4. The smallest absolute Gasteiger partial charge is 0.374 e. The van der Waals surface area contributed by atoms with E-state index in [4.69, 9.17) is 4.74 Å². The fraction of sp³-hybridized carbons (Fsp3) is 0.500. The van der Waals surface area contributed by atoms with Gasteiger partial charge in [0.2, 0.25) is 5.91 Å². The third-order valence-corrected chi connectivity index (χ3v) is 4.21. The maximum Gasteiger partial charge on any atom is 0.423 e. The lowest BCUT2D eigenvalue weighted by molar-refractivity contribution is -0.388. The highest BCUT2D eigenvalue weighted by atomic mass is 19.4. The number of amides is 1. The van der Waals surface area contributed by atoms with Gasteiger partial charge in [0.05, 0.1) is 23.0 Å². The van der Waals surface area contributed by atoms with Crippen molar-refractivity contribution in [3.8, 4) is 0 Å². The summed E-state index contributed by atoms with van der Waals surface area (Å²) in [6.45, 7) is 0. The quantitative estimate of drug-likeness (QED) is 0.682. The van der Waals surface area contributed by atoms with E-state index < -0.39 is 34.2 Å². The molecule has 3 atom stereocenters. The summed E-state index contributed by atoms with van der Waals surface area (Å²) in [6, 6.07) is 2.43. The van der Waals surface area contributed by atoms with E-state index in [9.17, 15) is 28.1 Å². The molecule has 0 radical (unpaired) electrons. The second-order valence-corrected chi connectivity index (χ2v) is 5.69. The summed E-state index contributed by atoms with van der Waals surface area (Å²) in [5.41, 5.74) is -2.54. The fourth-order valence-corrected chi connectivity index (χ4v) is 3.15. The van der Waals surface area contributed by atoms with Crippen molar-refractivity contribution in [2.45, 2.75) is 37.6 Å². The van der Waals surface area contributed by atoms with Gasteiger partial charge in [-0.25, -0.2) is 0 Å². The average Bonchev–Trinajstić information content (AvgIpc) is 3.08. The first kappa shape index (κ1) is 15.7. The van der Waals surface area contributed by atoms with Gasteiger partial charge < -0.3 is 10.1 Å². The van der Waals surface area contributed by atoms with E-state index in [1.165, 1.54) is 0 Å². The minimum atomic E-state index is -4.88. The molecule has 2 aliphatic heterocycles. The second-order valence-electron chi connectivity index (χ2n) is 5.69. The lowest BCUT2D eigenvalue weighted by Crippen LogP contribution is -2.30. The number of nitrogens with zero attached hydrogens (tertiary/aromatic N) is 1. The Labute approximate surface area is 128 Å². The maximum absolute atomic E-state index is 12.9. The number of ether oxygens (including phenoxy) is 1. The summed E-state index contributed by atoms with van der Waals surface area (Å²) in [4.78, 5) is 21.8. The van der Waals surface area contributed by atoms with Crippen molar-refractivity contribution in [3.05, 3.63) is 33.9 Å². The summed E-state index contributed by atoms with van der Waals surface area (Å²) in [6.07, 6.45) is -2.83. The second kappa shape index (κ2) is 5.48. The lowest BCUT2D eigenvalue weighted by atomic mass is 9.88. The lowest BCUT2D eigenvalue weighted by Gasteiger charge is -2.18. The van der Waals surface area contributed by atoms with Gasteiger partial charge in [-0.05, 0) is 31.4 Å². The standard InChI is InChI=1S/C14H13F3N2O4/c15-14(16,17)10-5-7(1-3-11(10)19(21)22)18-13(20)9-6-8-2-4-12(9)23-8/h1,3,5,8-9,12H,2,4,6H2,(H,18,20)/t8-,9+,12-/m1/s1. The Morgan fingerprint density at radius 2 is 2.09 bits per heavy atom. The van der Waals surface area contributed by atoms with Gasteiger partial charge in [-0.15, -0.1) is 0 Å². The first-order chi connectivity index (χ1) is 10.8. The predicted octanol–water partition coefficient (Wildman–Crippen LogP) is 3.12. The molecule has 1 N–H and O–H groups in total. The minimum Gasteiger partial charge on any atom is -0.374 e. The summed E-state index contributed by atoms with van der Waals surface area (Å²) >= 11 is 0. The van der Waals surface area contributed by atoms with Gasteiger partial charge >= 0.3 is 6.18 Å². The summed E-state index contributed by atoms with van der Waals surface area (Å²) in [5.74, 6) is -0.808. The normalized spacial score (nSPS) is 26.3. The van der Waals surface area contributed by atoms with Crippen LogP contribution in [0.5, 0.6) is 0 Å². The Balaban J connectivity index is 1.80. The molecule has 2 bridgehead atoms. The number of nitro groups is 1. The van der Waals surface area contributed by atoms with Gasteiger partial charge in [0, 0.05) is 11.8 Å². The van der Waals surface area contributed by atoms with E-state index in [0.29, 0.717) is 12.5 Å². The van der Waals surface area contributed by atoms with Crippen LogP contribution in [0.15, 0.2) is 18.2 Å². The van der Waals surface area contributed by atoms with Crippen molar-refractivity contribution in [2.75, 3.05) is 5.32 Å². The zero-order valence-electron chi connectivity index (χ0n) is 11.8. The Morgan fingerprint density at radius 3 is 2.61 bits per heavy atom. The molecular weight excluding hydrogens is 317 g/mol. The van der Waals surface area contributed by atoms with Crippen molar-refractivity contribution in [2.24, 2.45) is 5.92 Å². The van der Waals surface area contributed by atoms with Crippen LogP contribution in [0.3, 0.4) is 0 Å². The number of benzene rings is 1. The van der Waals surface area contributed by atoms with Crippen LogP contribution >= 0.6 is 0 Å².